The Labute approximate surface area is 202 Å². The van der Waals surface area contributed by atoms with E-state index in [4.69, 9.17) is 0 Å². The molecule has 0 radical (unpaired) electrons. The first-order valence-corrected chi connectivity index (χ1v) is 13.5. The molecular formula is C32H43N. The van der Waals surface area contributed by atoms with Crippen LogP contribution >= 0.6 is 0 Å². The molecule has 1 heteroatoms. The van der Waals surface area contributed by atoms with Crippen molar-refractivity contribution in [2.45, 2.75) is 109 Å². The topological polar surface area (TPSA) is 23.8 Å². The van der Waals surface area contributed by atoms with E-state index in [2.05, 4.69) is 69.0 Å². The molecule has 2 aromatic carbocycles. The molecule has 0 atom stereocenters. The highest BCUT2D eigenvalue weighted by Crippen LogP contribution is 2.54. The normalized spacial score (nSPS) is 13.4. The minimum absolute atomic E-state index is 0.0766. The van der Waals surface area contributed by atoms with E-state index in [1.807, 2.05) is 0 Å². The van der Waals surface area contributed by atoms with Crippen LogP contribution in [0.2, 0.25) is 0 Å². The lowest BCUT2D eigenvalue weighted by Gasteiger charge is -2.33. The fraction of sp³-hybridized carbons (Fsp3) is 0.531. The molecule has 0 aromatic heterocycles. The molecule has 0 bridgehead atoms. The average molecular weight is 442 g/mol. The number of benzene rings is 2. The van der Waals surface area contributed by atoms with Crippen LogP contribution in [-0.2, 0) is 5.41 Å². The number of rotatable bonds is 15. The SMILES string of the molecule is C=C(C#N)c1ccc2c(c1)C(CCCCCCCC)(CCCCCCCC)c1ccccc1-2. The van der Waals surface area contributed by atoms with Gasteiger partial charge in [-0.3, -0.25) is 0 Å². The fourth-order valence-electron chi connectivity index (χ4n) is 5.79. The number of hydrogen-bond acceptors (Lipinski definition) is 1. The van der Waals surface area contributed by atoms with Crippen LogP contribution in [0.4, 0.5) is 0 Å². The predicted octanol–water partition coefficient (Wildman–Crippen LogP) is 9.99. The van der Waals surface area contributed by atoms with Crippen LogP contribution in [-0.4, -0.2) is 0 Å². The lowest BCUT2D eigenvalue weighted by Crippen LogP contribution is -2.25. The Bertz CT molecular complexity index is 929. The molecule has 0 saturated heterocycles. The molecule has 0 N–H and O–H groups in total. The second-order valence-corrected chi connectivity index (χ2v) is 10.0. The molecule has 0 spiro atoms. The van der Waals surface area contributed by atoms with Gasteiger partial charge in [-0.25, -0.2) is 0 Å². The monoisotopic (exact) mass is 441 g/mol. The number of fused-ring (bicyclic) bond motifs is 3. The number of unbranched alkanes of at least 4 members (excludes halogenated alkanes) is 10. The molecule has 1 aliphatic rings. The van der Waals surface area contributed by atoms with E-state index < -0.39 is 0 Å². The van der Waals surface area contributed by atoms with Gasteiger partial charge in [-0.05, 0) is 46.7 Å². The Hall–Kier alpha value is -2.33. The van der Waals surface area contributed by atoms with Crippen LogP contribution in [0.15, 0.2) is 49.0 Å². The minimum Gasteiger partial charge on any atom is -0.192 e. The Morgan fingerprint density at radius 1 is 0.727 bits per heavy atom. The maximum Gasteiger partial charge on any atom is 0.0991 e. The lowest BCUT2D eigenvalue weighted by atomic mass is 9.70. The summed E-state index contributed by atoms with van der Waals surface area (Å²) in [5, 5.41) is 9.48. The Morgan fingerprint density at radius 3 is 1.88 bits per heavy atom. The Morgan fingerprint density at radius 2 is 1.27 bits per heavy atom. The van der Waals surface area contributed by atoms with Crippen molar-refractivity contribution in [3.8, 4) is 17.2 Å². The molecule has 0 amide bonds. The maximum atomic E-state index is 9.48. The van der Waals surface area contributed by atoms with Crippen LogP contribution in [0.25, 0.3) is 16.7 Å². The molecule has 0 unspecified atom stereocenters. The van der Waals surface area contributed by atoms with Crippen LogP contribution in [0.5, 0.6) is 0 Å². The van der Waals surface area contributed by atoms with Gasteiger partial charge < -0.3 is 0 Å². The van der Waals surface area contributed by atoms with E-state index >= 15 is 0 Å². The van der Waals surface area contributed by atoms with Crippen LogP contribution in [0, 0.1) is 11.3 Å². The van der Waals surface area contributed by atoms with Gasteiger partial charge in [0.2, 0.25) is 0 Å². The van der Waals surface area contributed by atoms with E-state index in [9.17, 15) is 5.26 Å². The highest BCUT2D eigenvalue weighted by molar-refractivity contribution is 5.84. The van der Waals surface area contributed by atoms with Gasteiger partial charge in [-0.15, -0.1) is 0 Å². The third kappa shape index (κ3) is 5.97. The van der Waals surface area contributed by atoms with Crippen molar-refractivity contribution in [2.75, 3.05) is 0 Å². The zero-order valence-corrected chi connectivity index (χ0v) is 21.1. The first-order valence-electron chi connectivity index (χ1n) is 13.5. The van der Waals surface area contributed by atoms with Crippen molar-refractivity contribution in [3.05, 3.63) is 65.7 Å². The van der Waals surface area contributed by atoms with Gasteiger partial charge in [0, 0.05) is 5.41 Å². The zero-order valence-electron chi connectivity index (χ0n) is 21.1. The molecule has 3 rings (SSSR count). The summed E-state index contributed by atoms with van der Waals surface area (Å²) in [5.41, 5.74) is 7.37. The van der Waals surface area contributed by atoms with Gasteiger partial charge in [0.25, 0.3) is 0 Å². The summed E-state index contributed by atoms with van der Waals surface area (Å²) in [6.07, 6.45) is 18.3. The van der Waals surface area contributed by atoms with E-state index in [0.717, 1.165) is 5.56 Å². The molecule has 176 valence electrons. The Kier molecular flexibility index (Phi) is 9.80. The predicted molar refractivity (Wildman–Crippen MR) is 143 cm³/mol. The quantitative estimate of drug-likeness (QED) is 0.199. The van der Waals surface area contributed by atoms with Crippen molar-refractivity contribution in [2.24, 2.45) is 0 Å². The minimum atomic E-state index is 0.0766. The number of nitrogens with zero attached hydrogens (tertiary/aromatic N) is 1. The van der Waals surface area contributed by atoms with Crippen molar-refractivity contribution < 1.29 is 0 Å². The van der Waals surface area contributed by atoms with E-state index in [0.29, 0.717) is 5.57 Å². The number of nitriles is 1. The van der Waals surface area contributed by atoms with Crippen molar-refractivity contribution in [1.82, 2.24) is 0 Å². The first-order chi connectivity index (χ1) is 16.2. The summed E-state index contributed by atoms with van der Waals surface area (Å²) in [4.78, 5) is 0. The van der Waals surface area contributed by atoms with Crippen LogP contribution in [0.3, 0.4) is 0 Å². The Balaban J connectivity index is 1.90. The molecule has 1 aliphatic carbocycles. The standard InChI is InChI=1S/C32H43N/c1-4-6-8-10-12-16-22-32(23-17-13-11-9-7-5-2)30-19-15-14-18-28(30)29-21-20-27(24-31(29)32)26(3)25-33/h14-15,18-21,24H,3-13,16-17,22-23H2,1-2H3. The highest BCUT2D eigenvalue weighted by Gasteiger charge is 2.42. The average Bonchev–Trinajstić information content (AvgIpc) is 3.12. The summed E-state index contributed by atoms with van der Waals surface area (Å²) < 4.78 is 0. The summed E-state index contributed by atoms with van der Waals surface area (Å²) in [6, 6.07) is 18.0. The third-order valence-electron chi connectivity index (χ3n) is 7.67. The number of allylic oxidation sites excluding steroid dienone is 1. The molecular weight excluding hydrogens is 398 g/mol. The van der Waals surface area contributed by atoms with E-state index in [1.54, 1.807) is 0 Å². The fourth-order valence-corrected chi connectivity index (χ4v) is 5.79. The molecule has 0 fully saturated rings. The summed E-state index contributed by atoms with van der Waals surface area (Å²) in [6.45, 7) is 8.59. The van der Waals surface area contributed by atoms with Gasteiger partial charge in [-0.1, -0.05) is 134 Å². The van der Waals surface area contributed by atoms with E-state index in [-0.39, 0.29) is 5.41 Å². The summed E-state index contributed by atoms with van der Waals surface area (Å²) >= 11 is 0. The van der Waals surface area contributed by atoms with Crippen molar-refractivity contribution in [1.29, 1.82) is 5.26 Å². The second-order valence-electron chi connectivity index (χ2n) is 10.0. The van der Waals surface area contributed by atoms with Crippen LogP contribution < -0.4 is 0 Å². The first kappa shape index (κ1) is 25.3. The van der Waals surface area contributed by atoms with Gasteiger partial charge in [-0.2, -0.15) is 5.26 Å². The molecule has 0 saturated carbocycles. The molecule has 1 nitrogen and oxygen atoms in total. The van der Waals surface area contributed by atoms with Crippen molar-refractivity contribution in [3.63, 3.8) is 0 Å². The largest absolute Gasteiger partial charge is 0.192 e. The van der Waals surface area contributed by atoms with E-state index in [1.165, 1.54) is 112 Å². The van der Waals surface area contributed by atoms with Crippen molar-refractivity contribution >= 4 is 5.57 Å². The molecule has 2 aromatic rings. The third-order valence-corrected chi connectivity index (χ3v) is 7.67. The number of hydrogen-bond donors (Lipinski definition) is 0. The second kappa shape index (κ2) is 12.8. The summed E-state index contributed by atoms with van der Waals surface area (Å²) in [5.74, 6) is 0. The zero-order chi connectivity index (χ0) is 23.5. The highest BCUT2D eigenvalue weighted by atomic mass is 14.4. The molecule has 0 aliphatic heterocycles. The molecule has 33 heavy (non-hydrogen) atoms. The lowest BCUT2D eigenvalue weighted by molar-refractivity contribution is 0.398. The summed E-state index contributed by atoms with van der Waals surface area (Å²) in [7, 11) is 0. The van der Waals surface area contributed by atoms with Gasteiger partial charge in [0.05, 0.1) is 11.6 Å². The van der Waals surface area contributed by atoms with Gasteiger partial charge >= 0.3 is 0 Å². The van der Waals surface area contributed by atoms with Gasteiger partial charge in [0.15, 0.2) is 0 Å². The van der Waals surface area contributed by atoms with Crippen LogP contribution in [0.1, 0.15) is 120 Å². The smallest absolute Gasteiger partial charge is 0.0991 e. The molecule has 0 heterocycles. The maximum absolute atomic E-state index is 9.48. The van der Waals surface area contributed by atoms with Gasteiger partial charge in [0.1, 0.15) is 0 Å².